The molecule has 0 saturated carbocycles. The van der Waals surface area contributed by atoms with E-state index in [1.807, 2.05) is 19.1 Å². The average molecular weight is 284 g/mol. The molecule has 2 aromatic rings. The molecule has 0 fully saturated rings. The summed E-state index contributed by atoms with van der Waals surface area (Å²) in [5.74, 6) is -0.919. The highest BCUT2D eigenvalue weighted by Gasteiger charge is 2.54. The maximum Gasteiger partial charge on any atom is 0.231 e. The molecule has 2 atom stereocenters. The number of aromatic hydroxyl groups is 2. The number of benzene rings is 2. The second-order valence-electron chi connectivity index (χ2n) is 5.47. The van der Waals surface area contributed by atoms with Crippen molar-refractivity contribution in [1.82, 2.24) is 0 Å². The molecule has 108 valence electrons. The Morgan fingerprint density at radius 1 is 1.10 bits per heavy atom. The van der Waals surface area contributed by atoms with E-state index < -0.39 is 5.79 Å². The Balaban J connectivity index is 2.02. The quantitative estimate of drug-likeness (QED) is 0.843. The molecule has 0 amide bonds. The van der Waals surface area contributed by atoms with Crippen LogP contribution in [0.1, 0.15) is 41.7 Å². The van der Waals surface area contributed by atoms with E-state index in [9.17, 15) is 10.2 Å². The van der Waals surface area contributed by atoms with E-state index in [0.717, 1.165) is 17.5 Å². The van der Waals surface area contributed by atoms with Crippen molar-refractivity contribution in [2.75, 3.05) is 0 Å². The van der Waals surface area contributed by atoms with E-state index in [0.29, 0.717) is 17.7 Å². The molecule has 0 unspecified atom stereocenters. The minimum absolute atomic E-state index is 0.135. The predicted molar refractivity (Wildman–Crippen MR) is 75.9 cm³/mol. The molecular weight excluding hydrogens is 268 g/mol. The second-order valence-corrected chi connectivity index (χ2v) is 5.47. The van der Waals surface area contributed by atoms with E-state index in [4.69, 9.17) is 9.47 Å². The highest BCUT2D eigenvalue weighted by Crippen LogP contribution is 2.57. The van der Waals surface area contributed by atoms with E-state index in [2.05, 4.69) is 0 Å². The van der Waals surface area contributed by atoms with E-state index in [1.165, 1.54) is 0 Å². The van der Waals surface area contributed by atoms with E-state index in [-0.39, 0.29) is 17.6 Å². The van der Waals surface area contributed by atoms with Gasteiger partial charge in [0.1, 0.15) is 11.5 Å². The van der Waals surface area contributed by atoms with Gasteiger partial charge >= 0.3 is 0 Å². The third-order valence-electron chi connectivity index (χ3n) is 4.32. The molecule has 2 N–H and O–H groups in total. The zero-order valence-electron chi connectivity index (χ0n) is 11.7. The molecular formula is C17H16O4. The molecule has 0 bridgehead atoms. The number of fused-ring (bicyclic) bond motifs is 4. The van der Waals surface area contributed by atoms with E-state index in [1.54, 1.807) is 24.3 Å². The number of hydrogen-bond donors (Lipinski definition) is 2. The monoisotopic (exact) mass is 284 g/mol. The van der Waals surface area contributed by atoms with Crippen molar-refractivity contribution in [3.8, 4) is 11.5 Å². The maximum atomic E-state index is 10.3. The van der Waals surface area contributed by atoms with Crippen LogP contribution in [-0.4, -0.2) is 10.2 Å². The zero-order valence-corrected chi connectivity index (χ0v) is 11.7. The standard InChI is InChI=1S/C17H16O4/c1-2-14-11-6-4-8-13(19)16(11)17(21-14)15-10(9-20-17)5-3-7-12(15)18/h3-8,14,18-19H,2,9H2,1H3/t14-,17-/m0/s1. The van der Waals surface area contributed by atoms with Gasteiger partial charge in [-0.2, -0.15) is 0 Å². The maximum absolute atomic E-state index is 10.3. The van der Waals surface area contributed by atoms with Gasteiger partial charge in [-0.3, -0.25) is 0 Å². The Labute approximate surface area is 122 Å². The summed E-state index contributed by atoms with van der Waals surface area (Å²) in [4.78, 5) is 0. The highest BCUT2D eigenvalue weighted by molar-refractivity contribution is 5.57. The molecule has 2 aliphatic rings. The molecule has 0 saturated heterocycles. The lowest BCUT2D eigenvalue weighted by atomic mass is 9.91. The molecule has 4 nitrogen and oxygen atoms in total. The van der Waals surface area contributed by atoms with Crippen molar-refractivity contribution in [1.29, 1.82) is 0 Å². The number of rotatable bonds is 1. The highest BCUT2D eigenvalue weighted by atomic mass is 16.7. The first-order valence-electron chi connectivity index (χ1n) is 7.13. The normalized spacial score (nSPS) is 26.0. The van der Waals surface area contributed by atoms with Gasteiger partial charge in [0.15, 0.2) is 0 Å². The molecule has 2 aliphatic heterocycles. The van der Waals surface area contributed by atoms with Crippen LogP contribution in [0.25, 0.3) is 0 Å². The van der Waals surface area contributed by atoms with Crippen molar-refractivity contribution in [2.45, 2.75) is 31.8 Å². The van der Waals surface area contributed by atoms with Gasteiger partial charge in [-0.1, -0.05) is 31.2 Å². The third kappa shape index (κ3) is 1.51. The lowest BCUT2D eigenvalue weighted by Gasteiger charge is -2.26. The Kier molecular flexibility index (Phi) is 2.55. The average Bonchev–Trinajstić information content (AvgIpc) is 3.01. The summed E-state index contributed by atoms with van der Waals surface area (Å²) in [6, 6.07) is 10.7. The molecule has 4 heteroatoms. The van der Waals surface area contributed by atoms with Crippen LogP contribution in [0.5, 0.6) is 11.5 Å². The summed E-state index contributed by atoms with van der Waals surface area (Å²) in [7, 11) is 0. The van der Waals surface area contributed by atoms with Crippen molar-refractivity contribution in [2.24, 2.45) is 0 Å². The van der Waals surface area contributed by atoms with Crippen molar-refractivity contribution < 1.29 is 19.7 Å². The van der Waals surface area contributed by atoms with Gasteiger partial charge in [-0.05, 0) is 29.7 Å². The number of hydrogen-bond acceptors (Lipinski definition) is 4. The Hall–Kier alpha value is -2.04. The summed E-state index contributed by atoms with van der Waals surface area (Å²) >= 11 is 0. The summed E-state index contributed by atoms with van der Waals surface area (Å²) in [6.07, 6.45) is 0.613. The SMILES string of the molecule is CC[C@@H]1O[C@]2(OCc3cccc(O)c32)c2c(O)cccc21. The Morgan fingerprint density at radius 2 is 1.81 bits per heavy atom. The van der Waals surface area contributed by atoms with Gasteiger partial charge in [0.2, 0.25) is 5.79 Å². The molecule has 0 aromatic heterocycles. The van der Waals surface area contributed by atoms with Crippen molar-refractivity contribution >= 4 is 0 Å². The largest absolute Gasteiger partial charge is 0.507 e. The van der Waals surface area contributed by atoms with Gasteiger partial charge in [0.05, 0.1) is 23.8 Å². The molecule has 21 heavy (non-hydrogen) atoms. The molecule has 0 aliphatic carbocycles. The number of phenolic OH excluding ortho intramolecular Hbond substituents is 2. The van der Waals surface area contributed by atoms with Crippen molar-refractivity contribution in [3.05, 3.63) is 58.7 Å². The van der Waals surface area contributed by atoms with Crippen LogP contribution in [0, 0.1) is 0 Å². The molecule has 0 radical (unpaired) electrons. The molecule has 2 heterocycles. The predicted octanol–water partition coefficient (Wildman–Crippen LogP) is 3.31. The number of ether oxygens (including phenoxy) is 2. The lowest BCUT2D eigenvalue weighted by molar-refractivity contribution is -0.220. The van der Waals surface area contributed by atoms with Gasteiger partial charge in [0.25, 0.3) is 0 Å². The van der Waals surface area contributed by atoms with Gasteiger partial charge in [-0.15, -0.1) is 0 Å². The third-order valence-corrected chi connectivity index (χ3v) is 4.32. The van der Waals surface area contributed by atoms with E-state index >= 15 is 0 Å². The fraction of sp³-hybridized carbons (Fsp3) is 0.294. The summed E-state index contributed by atoms with van der Waals surface area (Å²) in [5, 5.41) is 20.6. The fourth-order valence-electron chi connectivity index (χ4n) is 3.44. The summed E-state index contributed by atoms with van der Waals surface area (Å²) < 4.78 is 12.1. The molecule has 4 rings (SSSR count). The smallest absolute Gasteiger partial charge is 0.231 e. The van der Waals surface area contributed by atoms with Crippen LogP contribution in [0.4, 0.5) is 0 Å². The van der Waals surface area contributed by atoms with Gasteiger partial charge < -0.3 is 19.7 Å². The van der Waals surface area contributed by atoms with Crippen LogP contribution >= 0.6 is 0 Å². The minimum Gasteiger partial charge on any atom is -0.507 e. The minimum atomic E-state index is -1.19. The van der Waals surface area contributed by atoms with Gasteiger partial charge in [-0.25, -0.2) is 0 Å². The van der Waals surface area contributed by atoms with Crippen molar-refractivity contribution in [3.63, 3.8) is 0 Å². The van der Waals surface area contributed by atoms with Crippen LogP contribution in [0.2, 0.25) is 0 Å². The summed E-state index contributed by atoms with van der Waals surface area (Å²) in [5.41, 5.74) is 3.05. The summed E-state index contributed by atoms with van der Waals surface area (Å²) in [6.45, 7) is 2.38. The molecule has 2 aromatic carbocycles. The number of phenols is 2. The Morgan fingerprint density at radius 3 is 2.57 bits per heavy atom. The second kappa shape index (κ2) is 4.23. The molecule has 1 spiro atoms. The first-order chi connectivity index (χ1) is 10.2. The van der Waals surface area contributed by atoms with Crippen LogP contribution < -0.4 is 0 Å². The van der Waals surface area contributed by atoms with Crippen LogP contribution in [0.3, 0.4) is 0 Å². The zero-order chi connectivity index (χ0) is 14.6. The first kappa shape index (κ1) is 12.7. The lowest BCUT2D eigenvalue weighted by Crippen LogP contribution is -2.26. The topological polar surface area (TPSA) is 58.9 Å². The van der Waals surface area contributed by atoms with Crippen LogP contribution in [-0.2, 0) is 21.9 Å². The fourth-order valence-corrected chi connectivity index (χ4v) is 3.44. The Bertz CT molecular complexity index is 725. The first-order valence-corrected chi connectivity index (χ1v) is 7.13. The van der Waals surface area contributed by atoms with Gasteiger partial charge in [0, 0.05) is 0 Å². The van der Waals surface area contributed by atoms with Crippen LogP contribution in [0.15, 0.2) is 36.4 Å².